The van der Waals surface area contributed by atoms with E-state index in [0.29, 0.717) is 0 Å². The van der Waals surface area contributed by atoms with E-state index in [2.05, 4.69) is 0 Å². The van der Waals surface area contributed by atoms with Crippen molar-refractivity contribution in [2.75, 3.05) is 0 Å². The first-order valence-corrected chi connectivity index (χ1v) is 2.89. The van der Waals surface area contributed by atoms with Crippen molar-refractivity contribution in [3.05, 3.63) is 23.8 Å². The average Bonchev–Trinajstić information content (AvgIpc) is 1.94. The summed E-state index contributed by atoms with van der Waals surface area (Å²) in [7, 11) is 0. The molecule has 0 unspecified atom stereocenters. The number of benzene rings is 1. The molecule has 11 heavy (non-hydrogen) atoms. The third kappa shape index (κ3) is 1.40. The Balaban J connectivity index is 3.15. The maximum atomic E-state index is 10.4. The second-order valence-corrected chi connectivity index (χ2v) is 2.03. The zero-order valence-electron chi connectivity index (χ0n) is 5.53. The van der Waals surface area contributed by atoms with Crippen LogP contribution in [-0.4, -0.2) is 21.3 Å². The minimum absolute atomic E-state index is 0.0558. The fourth-order valence-corrected chi connectivity index (χ4v) is 0.665. The number of hydrogen-bond donors (Lipinski definition) is 2. The van der Waals surface area contributed by atoms with Crippen molar-refractivity contribution in [3.8, 4) is 11.5 Å². The molecule has 4 N–H and O–H groups in total. The highest BCUT2D eigenvalue weighted by atomic mass is 16.4. The summed E-state index contributed by atoms with van der Waals surface area (Å²) >= 11 is 0. The van der Waals surface area contributed by atoms with E-state index in [0.717, 1.165) is 12.1 Å². The lowest BCUT2D eigenvalue weighted by molar-refractivity contribution is 0.0696. The number of carbonyl (C=O) groups is 1. The lowest BCUT2D eigenvalue weighted by Gasteiger charge is -1.94. The van der Waals surface area contributed by atoms with Crippen LogP contribution >= 0.6 is 0 Å². The smallest absolute Gasteiger partial charge is 0.549 e. The molecule has 1 rings (SSSR count). The topological polar surface area (TPSA) is 80.4 Å². The Morgan fingerprint density at radius 1 is 1.27 bits per heavy atom. The minimum Gasteiger partial charge on any atom is -0.561 e. The van der Waals surface area contributed by atoms with Gasteiger partial charge in [-0.15, -0.1) is 0 Å². The predicted octanol–water partition coefficient (Wildman–Crippen LogP) is -0.0374. The van der Waals surface area contributed by atoms with Crippen LogP contribution in [0.4, 0.5) is 0 Å². The third-order valence-corrected chi connectivity index (χ3v) is 1.24. The lowest BCUT2D eigenvalue weighted by Crippen LogP contribution is -1.94. The lowest BCUT2D eigenvalue weighted by atomic mass is 10.2. The van der Waals surface area contributed by atoms with Crippen molar-refractivity contribution in [2.24, 2.45) is 0 Å². The highest BCUT2D eigenvalue weighted by Gasteiger charge is 2.12. The minimum atomic E-state index is -0.889. The standard InChI is InChI=1S/C7H6O4/c8-5-2-1-4(7(10)11)3-6(5)9/h1-3,8-9H,(H,10,11)/p+1. The van der Waals surface area contributed by atoms with Crippen molar-refractivity contribution >= 4 is 5.97 Å². The van der Waals surface area contributed by atoms with Crippen molar-refractivity contribution in [1.29, 1.82) is 0 Å². The van der Waals surface area contributed by atoms with Gasteiger partial charge in [0.25, 0.3) is 0 Å². The third-order valence-electron chi connectivity index (χ3n) is 1.24. The fourth-order valence-electron chi connectivity index (χ4n) is 0.665. The highest BCUT2D eigenvalue weighted by molar-refractivity contribution is 5.88. The molecule has 0 saturated heterocycles. The molecule has 0 aliphatic heterocycles. The van der Waals surface area contributed by atoms with Crippen LogP contribution in [0, 0.1) is 0 Å². The van der Waals surface area contributed by atoms with Crippen molar-refractivity contribution in [3.63, 3.8) is 0 Å². The first-order valence-electron chi connectivity index (χ1n) is 2.89. The Morgan fingerprint density at radius 3 is 2.36 bits per heavy atom. The maximum Gasteiger partial charge on any atom is 0.549 e. The Bertz CT molecular complexity index is 292. The van der Waals surface area contributed by atoms with Crippen molar-refractivity contribution in [1.82, 2.24) is 0 Å². The van der Waals surface area contributed by atoms with Gasteiger partial charge >= 0.3 is 5.97 Å². The fraction of sp³-hybridized carbons (Fsp3) is 0. The van der Waals surface area contributed by atoms with Gasteiger partial charge in [0.05, 0.1) is 0 Å². The van der Waals surface area contributed by atoms with Gasteiger partial charge < -0.3 is 15.3 Å². The quantitative estimate of drug-likeness (QED) is 0.441. The van der Waals surface area contributed by atoms with E-state index in [9.17, 15) is 4.79 Å². The van der Waals surface area contributed by atoms with Crippen LogP contribution in [-0.2, 0) is 0 Å². The van der Waals surface area contributed by atoms with Gasteiger partial charge in [0.2, 0.25) is 0 Å². The summed E-state index contributed by atoms with van der Waals surface area (Å²) in [5, 5.41) is 24.3. The molecule has 0 saturated carbocycles. The van der Waals surface area contributed by atoms with E-state index in [4.69, 9.17) is 15.3 Å². The number of carbonyl (C=O) groups excluding carboxylic acids is 1. The van der Waals surface area contributed by atoms with Gasteiger partial charge in [0, 0.05) is 10.9 Å². The summed E-state index contributed by atoms with van der Waals surface area (Å²) in [4.78, 5) is 10.4. The Labute approximate surface area is 62.3 Å². The summed E-state index contributed by atoms with van der Waals surface area (Å²) < 4.78 is 0. The summed E-state index contributed by atoms with van der Waals surface area (Å²) in [5.41, 5.74) is 0.0558. The summed E-state index contributed by atoms with van der Waals surface area (Å²) in [5.74, 6) is -1.57. The molecule has 0 fully saturated rings. The number of phenolic OH excluding ortho intramolecular Hbond substituents is 2. The van der Waals surface area contributed by atoms with Crippen LogP contribution in [0.15, 0.2) is 18.2 Å². The maximum absolute atomic E-state index is 10.4. The molecule has 0 amide bonds. The van der Waals surface area contributed by atoms with E-state index >= 15 is 0 Å². The Hall–Kier alpha value is -1.71. The Morgan fingerprint density at radius 2 is 1.91 bits per heavy atom. The normalized spacial score (nSPS) is 9.45. The summed E-state index contributed by atoms with van der Waals surface area (Å²) in [6, 6.07) is 3.48. The predicted molar refractivity (Wildman–Crippen MR) is 37.7 cm³/mol. The number of hydrogen-bond acceptors (Lipinski definition) is 3. The Kier molecular flexibility index (Phi) is 1.68. The van der Waals surface area contributed by atoms with Gasteiger partial charge in [-0.1, -0.05) is 0 Å². The molecular weight excluding hydrogens is 148 g/mol. The monoisotopic (exact) mass is 155 g/mol. The summed E-state index contributed by atoms with van der Waals surface area (Å²) in [6.07, 6.45) is 0. The van der Waals surface area contributed by atoms with E-state index in [-0.39, 0.29) is 17.1 Å². The average molecular weight is 155 g/mol. The molecule has 1 aromatic rings. The van der Waals surface area contributed by atoms with Crippen LogP contribution in [0.5, 0.6) is 11.5 Å². The molecule has 4 heteroatoms. The first kappa shape index (κ1) is 7.40. The second-order valence-electron chi connectivity index (χ2n) is 2.03. The molecule has 0 radical (unpaired) electrons. The molecule has 0 aromatic heterocycles. The van der Waals surface area contributed by atoms with Crippen molar-refractivity contribution < 1.29 is 20.1 Å². The van der Waals surface area contributed by atoms with Gasteiger partial charge in [-0.3, -0.25) is 0 Å². The summed E-state index contributed by atoms with van der Waals surface area (Å²) in [6.45, 7) is 0. The van der Waals surface area contributed by atoms with Gasteiger partial charge in [0.15, 0.2) is 11.5 Å². The van der Waals surface area contributed by atoms with Crippen molar-refractivity contribution in [2.45, 2.75) is 0 Å². The van der Waals surface area contributed by atoms with Gasteiger partial charge in [-0.05, 0) is 12.1 Å². The molecule has 0 atom stereocenters. The molecule has 1 aromatic carbocycles. The molecule has 58 valence electrons. The molecule has 0 heterocycles. The number of aromatic hydroxyl groups is 2. The zero-order chi connectivity index (χ0) is 8.43. The van der Waals surface area contributed by atoms with E-state index in [1.807, 2.05) is 0 Å². The highest BCUT2D eigenvalue weighted by Crippen LogP contribution is 2.24. The molecule has 0 aliphatic rings. The van der Waals surface area contributed by atoms with Crippen LogP contribution in [0.25, 0.3) is 0 Å². The van der Waals surface area contributed by atoms with Gasteiger partial charge in [-0.2, -0.15) is 0 Å². The van der Waals surface area contributed by atoms with Gasteiger partial charge in [0.1, 0.15) is 5.56 Å². The van der Waals surface area contributed by atoms with Crippen LogP contribution in [0.3, 0.4) is 0 Å². The van der Waals surface area contributed by atoms with Gasteiger partial charge in [-0.25, -0.2) is 0 Å². The second kappa shape index (κ2) is 2.49. The molecule has 4 nitrogen and oxygen atoms in total. The van der Waals surface area contributed by atoms with E-state index in [1.54, 1.807) is 0 Å². The SMILES string of the molecule is O=C([OH2+])c1ccc(O)c(O)c1. The molecular formula is C7H7O4+. The number of phenols is 2. The molecule has 0 aliphatic carbocycles. The zero-order valence-corrected chi connectivity index (χ0v) is 5.53. The molecule has 0 spiro atoms. The van der Waals surface area contributed by atoms with Crippen LogP contribution in [0.2, 0.25) is 0 Å². The van der Waals surface area contributed by atoms with E-state index < -0.39 is 5.97 Å². The number of rotatable bonds is 1. The first-order chi connectivity index (χ1) is 5.11. The van der Waals surface area contributed by atoms with E-state index in [1.165, 1.54) is 6.07 Å². The molecule has 0 bridgehead atoms. The van der Waals surface area contributed by atoms with Crippen LogP contribution < -0.4 is 0 Å². The largest absolute Gasteiger partial charge is 0.561 e. The van der Waals surface area contributed by atoms with Crippen LogP contribution in [0.1, 0.15) is 10.4 Å².